The first-order valence-corrected chi connectivity index (χ1v) is 4.79. The molecule has 3 nitrogen and oxygen atoms in total. The summed E-state index contributed by atoms with van der Waals surface area (Å²) in [6, 6.07) is 9.98. The molecule has 1 N–H and O–H groups in total. The topological polar surface area (TPSA) is 41.8 Å². The van der Waals surface area contributed by atoms with E-state index in [-0.39, 0.29) is 12.7 Å². The van der Waals surface area contributed by atoms with Gasteiger partial charge >= 0.3 is 0 Å². The largest absolute Gasteiger partial charge is 0.396 e. The third kappa shape index (κ3) is 1.93. The summed E-state index contributed by atoms with van der Waals surface area (Å²) in [6.07, 6.45) is 1.50. The van der Waals surface area contributed by atoms with Crippen molar-refractivity contribution in [3.8, 4) is 0 Å². The van der Waals surface area contributed by atoms with E-state index in [9.17, 15) is 0 Å². The van der Waals surface area contributed by atoms with E-state index in [1.807, 2.05) is 30.3 Å². The fourth-order valence-electron chi connectivity index (χ4n) is 1.53. The van der Waals surface area contributed by atoms with Crippen molar-refractivity contribution in [3.63, 3.8) is 0 Å². The van der Waals surface area contributed by atoms with E-state index in [4.69, 9.17) is 9.94 Å². The Kier molecular flexibility index (Phi) is 2.79. The number of rotatable bonds is 3. The van der Waals surface area contributed by atoms with Crippen molar-refractivity contribution in [3.05, 3.63) is 35.9 Å². The number of hydrogen-bond acceptors (Lipinski definition) is 3. The van der Waals surface area contributed by atoms with Gasteiger partial charge in [0.05, 0.1) is 5.71 Å². The summed E-state index contributed by atoms with van der Waals surface area (Å²) in [4.78, 5) is 5.19. The van der Waals surface area contributed by atoms with Gasteiger partial charge in [-0.3, -0.25) is 0 Å². The highest BCUT2D eigenvalue weighted by atomic mass is 16.6. The molecule has 0 aromatic heterocycles. The molecule has 0 bridgehead atoms. The van der Waals surface area contributed by atoms with Crippen LogP contribution in [0.3, 0.4) is 0 Å². The van der Waals surface area contributed by atoms with E-state index in [1.54, 1.807) is 0 Å². The van der Waals surface area contributed by atoms with E-state index >= 15 is 0 Å². The van der Waals surface area contributed by atoms with Crippen molar-refractivity contribution in [1.29, 1.82) is 0 Å². The van der Waals surface area contributed by atoms with Crippen molar-refractivity contribution < 1.29 is 9.94 Å². The molecule has 0 radical (unpaired) electrons. The molecule has 1 aliphatic rings. The smallest absolute Gasteiger partial charge is 0.135 e. The molecule has 1 aliphatic heterocycles. The van der Waals surface area contributed by atoms with Gasteiger partial charge in [0.25, 0.3) is 0 Å². The number of nitrogens with zero attached hydrogens (tertiary/aromatic N) is 1. The number of benzene rings is 1. The minimum Gasteiger partial charge on any atom is -0.396 e. The van der Waals surface area contributed by atoms with Crippen molar-refractivity contribution in [2.75, 3.05) is 6.61 Å². The quantitative estimate of drug-likeness (QED) is 0.787. The first-order valence-electron chi connectivity index (χ1n) is 4.79. The maximum atomic E-state index is 8.75. The highest BCUT2D eigenvalue weighted by Gasteiger charge is 2.20. The first kappa shape index (κ1) is 9.21. The van der Waals surface area contributed by atoms with Gasteiger partial charge in [0.1, 0.15) is 6.10 Å². The van der Waals surface area contributed by atoms with Gasteiger partial charge in [-0.15, -0.1) is 0 Å². The molecule has 1 aromatic carbocycles. The van der Waals surface area contributed by atoms with Crippen molar-refractivity contribution in [2.24, 2.45) is 5.16 Å². The molecule has 14 heavy (non-hydrogen) atoms. The Balaban J connectivity index is 2.02. The summed E-state index contributed by atoms with van der Waals surface area (Å²) >= 11 is 0. The predicted molar refractivity (Wildman–Crippen MR) is 54.2 cm³/mol. The third-order valence-corrected chi connectivity index (χ3v) is 2.29. The monoisotopic (exact) mass is 191 g/mol. The van der Waals surface area contributed by atoms with Crippen LogP contribution >= 0.6 is 0 Å². The molecule has 2 rings (SSSR count). The Morgan fingerprint density at radius 1 is 1.36 bits per heavy atom. The summed E-state index contributed by atoms with van der Waals surface area (Å²) in [5.74, 6) is 0. The summed E-state index contributed by atoms with van der Waals surface area (Å²) in [7, 11) is 0. The Bertz CT molecular complexity index is 321. The summed E-state index contributed by atoms with van der Waals surface area (Å²) in [6.45, 7) is 0.155. The number of hydrogen-bond donors (Lipinski definition) is 1. The number of aliphatic hydroxyl groups is 1. The van der Waals surface area contributed by atoms with Crippen LogP contribution < -0.4 is 0 Å². The van der Waals surface area contributed by atoms with E-state index < -0.39 is 0 Å². The van der Waals surface area contributed by atoms with Gasteiger partial charge in [-0.25, -0.2) is 0 Å². The van der Waals surface area contributed by atoms with Crippen LogP contribution in [0.25, 0.3) is 0 Å². The second kappa shape index (κ2) is 4.24. The van der Waals surface area contributed by atoms with Crippen LogP contribution in [0.4, 0.5) is 0 Å². The zero-order valence-electron chi connectivity index (χ0n) is 7.89. The normalized spacial score (nSPS) is 20.4. The van der Waals surface area contributed by atoms with Crippen LogP contribution in [0.2, 0.25) is 0 Å². The minimum atomic E-state index is 0.0511. The molecule has 0 saturated heterocycles. The van der Waals surface area contributed by atoms with Gasteiger partial charge in [0, 0.05) is 19.4 Å². The molecule has 3 heteroatoms. The van der Waals surface area contributed by atoms with Gasteiger partial charge in [0.15, 0.2) is 0 Å². The maximum Gasteiger partial charge on any atom is 0.135 e. The molecule has 0 spiro atoms. The molecular weight excluding hydrogens is 178 g/mol. The lowest BCUT2D eigenvalue weighted by Gasteiger charge is -2.03. The van der Waals surface area contributed by atoms with Gasteiger partial charge in [-0.2, -0.15) is 0 Å². The van der Waals surface area contributed by atoms with Crippen LogP contribution in [-0.2, 0) is 4.84 Å². The summed E-state index contributed by atoms with van der Waals surface area (Å²) in [5.41, 5.74) is 2.08. The average Bonchev–Trinajstić information content (AvgIpc) is 2.68. The second-order valence-corrected chi connectivity index (χ2v) is 3.35. The Labute approximate surface area is 83.0 Å². The number of aliphatic hydroxyl groups excluding tert-OH is 1. The van der Waals surface area contributed by atoms with Crippen molar-refractivity contribution in [2.45, 2.75) is 18.9 Å². The molecular formula is C11H13NO2. The van der Waals surface area contributed by atoms with E-state index in [0.717, 1.165) is 17.7 Å². The minimum absolute atomic E-state index is 0.0511. The van der Waals surface area contributed by atoms with Crippen LogP contribution in [0.1, 0.15) is 18.4 Å². The molecule has 1 heterocycles. The zero-order chi connectivity index (χ0) is 9.80. The lowest BCUT2D eigenvalue weighted by atomic mass is 10.0. The SMILES string of the molecule is OCCC1CC(c2ccccc2)=NO1. The molecule has 1 atom stereocenters. The van der Waals surface area contributed by atoms with E-state index in [2.05, 4.69) is 5.16 Å². The van der Waals surface area contributed by atoms with Crippen LogP contribution in [0.5, 0.6) is 0 Å². The van der Waals surface area contributed by atoms with Crippen molar-refractivity contribution >= 4 is 5.71 Å². The van der Waals surface area contributed by atoms with Crippen LogP contribution in [0.15, 0.2) is 35.5 Å². The zero-order valence-corrected chi connectivity index (χ0v) is 7.89. The van der Waals surface area contributed by atoms with Gasteiger partial charge in [-0.1, -0.05) is 35.5 Å². The van der Waals surface area contributed by atoms with Crippen molar-refractivity contribution in [1.82, 2.24) is 0 Å². The van der Waals surface area contributed by atoms with Crippen LogP contribution in [-0.4, -0.2) is 23.5 Å². The molecule has 0 amide bonds. The van der Waals surface area contributed by atoms with Gasteiger partial charge in [-0.05, 0) is 5.56 Å². The van der Waals surface area contributed by atoms with E-state index in [0.29, 0.717) is 6.42 Å². The highest BCUT2D eigenvalue weighted by Crippen LogP contribution is 2.18. The Morgan fingerprint density at radius 2 is 2.14 bits per heavy atom. The second-order valence-electron chi connectivity index (χ2n) is 3.35. The predicted octanol–water partition coefficient (Wildman–Crippen LogP) is 1.56. The Morgan fingerprint density at radius 3 is 2.86 bits per heavy atom. The standard InChI is InChI=1S/C11H13NO2/c13-7-6-10-8-11(12-14-10)9-4-2-1-3-5-9/h1-5,10,13H,6-8H2. The molecule has 0 aliphatic carbocycles. The molecule has 1 aromatic rings. The van der Waals surface area contributed by atoms with Gasteiger partial charge in [0.2, 0.25) is 0 Å². The summed E-state index contributed by atoms with van der Waals surface area (Å²) < 4.78 is 0. The van der Waals surface area contributed by atoms with Crippen LogP contribution in [0, 0.1) is 0 Å². The fourth-order valence-corrected chi connectivity index (χ4v) is 1.53. The number of oxime groups is 1. The summed E-state index contributed by atoms with van der Waals surface area (Å²) in [5, 5.41) is 12.8. The molecule has 0 fully saturated rings. The highest BCUT2D eigenvalue weighted by molar-refractivity contribution is 6.01. The van der Waals surface area contributed by atoms with E-state index in [1.165, 1.54) is 0 Å². The van der Waals surface area contributed by atoms with Gasteiger partial charge < -0.3 is 9.94 Å². The Hall–Kier alpha value is -1.35. The first-order chi connectivity index (χ1) is 6.90. The lowest BCUT2D eigenvalue weighted by Crippen LogP contribution is -2.10. The third-order valence-electron chi connectivity index (χ3n) is 2.29. The molecule has 0 saturated carbocycles. The lowest BCUT2D eigenvalue weighted by molar-refractivity contribution is 0.0645. The molecule has 1 unspecified atom stereocenters. The fraction of sp³-hybridized carbons (Fsp3) is 0.364. The maximum absolute atomic E-state index is 8.75. The average molecular weight is 191 g/mol. The molecule has 74 valence electrons.